The Morgan fingerprint density at radius 2 is 1.68 bits per heavy atom. The number of rotatable bonds is 8. The zero-order chi connectivity index (χ0) is 21.6. The fourth-order valence-corrected chi connectivity index (χ4v) is 3.93. The normalized spacial score (nSPS) is 11.8. The van der Waals surface area contributed by atoms with Crippen LogP contribution in [0.1, 0.15) is 22.6 Å². The standard InChI is InChI=1S/C26H26N2O3/c1-30-20-13-11-18(12-14-20)22(23-17-27-24-9-5-4-8-21(23)24)16-28-26(29)15-19-7-3-6-10-25(19)31-2/h3-14,17,22,27H,15-16H2,1-2H3,(H,28,29). The molecule has 5 nitrogen and oxygen atoms in total. The maximum Gasteiger partial charge on any atom is 0.224 e. The number of hydrogen-bond acceptors (Lipinski definition) is 3. The molecule has 31 heavy (non-hydrogen) atoms. The molecule has 0 aliphatic rings. The van der Waals surface area contributed by atoms with Crippen LogP contribution in [0.25, 0.3) is 10.9 Å². The van der Waals surface area contributed by atoms with E-state index in [9.17, 15) is 4.79 Å². The highest BCUT2D eigenvalue weighted by molar-refractivity contribution is 5.84. The van der Waals surface area contributed by atoms with Crippen LogP contribution in [0.2, 0.25) is 0 Å². The smallest absolute Gasteiger partial charge is 0.224 e. The topological polar surface area (TPSA) is 63.4 Å². The van der Waals surface area contributed by atoms with Crippen molar-refractivity contribution in [3.05, 3.63) is 95.7 Å². The average Bonchev–Trinajstić information content (AvgIpc) is 3.24. The predicted octanol–water partition coefficient (Wildman–Crippen LogP) is 4.68. The highest BCUT2D eigenvalue weighted by Crippen LogP contribution is 2.31. The first kappa shape index (κ1) is 20.5. The molecule has 1 heterocycles. The molecule has 1 amide bonds. The summed E-state index contributed by atoms with van der Waals surface area (Å²) >= 11 is 0. The van der Waals surface area contributed by atoms with Gasteiger partial charge < -0.3 is 19.8 Å². The van der Waals surface area contributed by atoms with Crippen LogP contribution in [-0.4, -0.2) is 31.7 Å². The average molecular weight is 415 g/mol. The molecule has 0 spiro atoms. The van der Waals surface area contributed by atoms with Crippen molar-refractivity contribution in [2.24, 2.45) is 0 Å². The Labute approximate surface area is 182 Å². The van der Waals surface area contributed by atoms with Gasteiger partial charge in [0.15, 0.2) is 0 Å². The molecule has 0 radical (unpaired) electrons. The molecule has 2 N–H and O–H groups in total. The molecule has 0 aliphatic heterocycles. The number of aromatic nitrogens is 1. The van der Waals surface area contributed by atoms with Crippen molar-refractivity contribution in [1.82, 2.24) is 10.3 Å². The number of ether oxygens (including phenoxy) is 2. The van der Waals surface area contributed by atoms with E-state index in [-0.39, 0.29) is 18.2 Å². The van der Waals surface area contributed by atoms with E-state index in [2.05, 4.69) is 34.6 Å². The molecule has 4 rings (SSSR count). The van der Waals surface area contributed by atoms with Crippen molar-refractivity contribution < 1.29 is 14.3 Å². The summed E-state index contributed by atoms with van der Waals surface area (Å²) in [6, 6.07) is 23.8. The quantitative estimate of drug-likeness (QED) is 0.440. The number of methoxy groups -OCH3 is 2. The monoisotopic (exact) mass is 414 g/mol. The largest absolute Gasteiger partial charge is 0.497 e. The van der Waals surface area contributed by atoms with Gasteiger partial charge in [0.2, 0.25) is 5.91 Å². The predicted molar refractivity (Wildman–Crippen MR) is 123 cm³/mol. The van der Waals surface area contributed by atoms with Crippen molar-refractivity contribution in [3.63, 3.8) is 0 Å². The summed E-state index contributed by atoms with van der Waals surface area (Å²) in [6.07, 6.45) is 2.30. The molecular weight excluding hydrogens is 388 g/mol. The number of H-pyrrole nitrogens is 1. The zero-order valence-electron chi connectivity index (χ0n) is 17.7. The second-order valence-corrected chi connectivity index (χ2v) is 7.41. The molecule has 1 unspecified atom stereocenters. The van der Waals surface area contributed by atoms with E-state index in [4.69, 9.17) is 9.47 Å². The van der Waals surface area contributed by atoms with E-state index in [0.717, 1.165) is 39.1 Å². The van der Waals surface area contributed by atoms with Gasteiger partial charge in [-0.25, -0.2) is 0 Å². The molecule has 0 saturated carbocycles. The first-order valence-electron chi connectivity index (χ1n) is 10.3. The third-order valence-electron chi connectivity index (χ3n) is 5.56. The number of para-hydroxylation sites is 2. The lowest BCUT2D eigenvalue weighted by atomic mass is 9.90. The molecule has 4 aromatic rings. The molecule has 1 aromatic heterocycles. The SMILES string of the molecule is COc1ccc(C(CNC(=O)Cc2ccccc2OC)c2c[nH]c3ccccc23)cc1. The van der Waals surface area contributed by atoms with Crippen molar-refractivity contribution in [1.29, 1.82) is 0 Å². The molecule has 0 bridgehead atoms. The Morgan fingerprint density at radius 3 is 2.45 bits per heavy atom. The number of aromatic amines is 1. The second kappa shape index (κ2) is 9.39. The zero-order valence-corrected chi connectivity index (χ0v) is 17.7. The summed E-state index contributed by atoms with van der Waals surface area (Å²) in [7, 11) is 3.28. The van der Waals surface area contributed by atoms with Crippen LogP contribution >= 0.6 is 0 Å². The van der Waals surface area contributed by atoms with E-state index in [0.29, 0.717) is 6.54 Å². The Bertz CT molecular complexity index is 1160. The van der Waals surface area contributed by atoms with Crippen LogP contribution in [0.4, 0.5) is 0 Å². The molecule has 5 heteroatoms. The lowest BCUT2D eigenvalue weighted by molar-refractivity contribution is -0.120. The van der Waals surface area contributed by atoms with Crippen LogP contribution in [-0.2, 0) is 11.2 Å². The van der Waals surface area contributed by atoms with E-state index >= 15 is 0 Å². The fourth-order valence-electron chi connectivity index (χ4n) is 3.93. The number of carbonyl (C=O) groups is 1. The lowest BCUT2D eigenvalue weighted by Gasteiger charge is -2.19. The minimum Gasteiger partial charge on any atom is -0.497 e. The maximum atomic E-state index is 12.8. The number of fused-ring (bicyclic) bond motifs is 1. The van der Waals surface area contributed by atoms with Crippen molar-refractivity contribution in [2.45, 2.75) is 12.3 Å². The van der Waals surface area contributed by atoms with E-state index in [1.54, 1.807) is 14.2 Å². The second-order valence-electron chi connectivity index (χ2n) is 7.41. The summed E-state index contributed by atoms with van der Waals surface area (Å²) in [5, 5.41) is 4.28. The Morgan fingerprint density at radius 1 is 0.935 bits per heavy atom. The molecular formula is C26H26N2O3. The van der Waals surface area contributed by atoms with Crippen LogP contribution in [0.5, 0.6) is 11.5 Å². The summed E-state index contributed by atoms with van der Waals surface area (Å²) in [5.74, 6) is 1.49. The first-order chi connectivity index (χ1) is 15.2. The molecule has 0 aliphatic carbocycles. The number of hydrogen-bond donors (Lipinski definition) is 2. The van der Waals surface area contributed by atoms with Gasteiger partial charge in [0, 0.05) is 35.1 Å². The third-order valence-corrected chi connectivity index (χ3v) is 5.56. The minimum atomic E-state index is -0.0390. The van der Waals surface area contributed by atoms with Crippen LogP contribution in [0.3, 0.4) is 0 Å². The molecule has 158 valence electrons. The first-order valence-corrected chi connectivity index (χ1v) is 10.3. The van der Waals surface area contributed by atoms with Gasteiger partial charge in [-0.15, -0.1) is 0 Å². The summed E-state index contributed by atoms with van der Waals surface area (Å²) < 4.78 is 10.7. The Kier molecular flexibility index (Phi) is 6.22. The number of carbonyl (C=O) groups excluding carboxylic acids is 1. The van der Waals surface area contributed by atoms with Crippen LogP contribution in [0.15, 0.2) is 79.0 Å². The molecule has 1 atom stereocenters. The Hall–Kier alpha value is -3.73. The third kappa shape index (κ3) is 4.56. The Balaban J connectivity index is 1.58. The van der Waals surface area contributed by atoms with E-state index in [1.165, 1.54) is 0 Å². The van der Waals surface area contributed by atoms with E-state index in [1.807, 2.05) is 54.7 Å². The highest BCUT2D eigenvalue weighted by atomic mass is 16.5. The van der Waals surface area contributed by atoms with Gasteiger partial charge in [0.1, 0.15) is 11.5 Å². The van der Waals surface area contributed by atoms with Gasteiger partial charge in [-0.05, 0) is 35.4 Å². The minimum absolute atomic E-state index is 0.00340. The van der Waals surface area contributed by atoms with Crippen molar-refractivity contribution in [2.75, 3.05) is 20.8 Å². The number of nitrogens with one attached hydrogen (secondary N) is 2. The molecule has 0 saturated heterocycles. The van der Waals surface area contributed by atoms with Crippen molar-refractivity contribution >= 4 is 16.8 Å². The van der Waals surface area contributed by atoms with Gasteiger partial charge in [0.25, 0.3) is 0 Å². The lowest BCUT2D eigenvalue weighted by Crippen LogP contribution is -2.30. The summed E-state index contributed by atoms with van der Waals surface area (Å²) in [6.45, 7) is 0.488. The number of benzene rings is 3. The molecule has 0 fully saturated rings. The van der Waals surface area contributed by atoms with Crippen LogP contribution < -0.4 is 14.8 Å². The number of amides is 1. The summed E-state index contributed by atoms with van der Waals surface area (Å²) in [4.78, 5) is 16.1. The fraction of sp³-hybridized carbons (Fsp3) is 0.192. The van der Waals surface area contributed by atoms with E-state index < -0.39 is 0 Å². The van der Waals surface area contributed by atoms with Crippen LogP contribution in [0, 0.1) is 0 Å². The van der Waals surface area contributed by atoms with Gasteiger partial charge in [0.05, 0.1) is 20.6 Å². The van der Waals surface area contributed by atoms with Gasteiger partial charge in [-0.3, -0.25) is 4.79 Å². The van der Waals surface area contributed by atoms with Gasteiger partial charge in [-0.2, -0.15) is 0 Å². The maximum absolute atomic E-state index is 12.8. The highest BCUT2D eigenvalue weighted by Gasteiger charge is 2.19. The summed E-state index contributed by atoms with van der Waals surface area (Å²) in [5.41, 5.74) is 4.22. The molecule has 3 aromatic carbocycles. The van der Waals surface area contributed by atoms with Gasteiger partial charge in [-0.1, -0.05) is 48.5 Å². The van der Waals surface area contributed by atoms with Crippen molar-refractivity contribution in [3.8, 4) is 11.5 Å². The van der Waals surface area contributed by atoms with Gasteiger partial charge >= 0.3 is 0 Å².